The average Bonchev–Trinajstić information content (AvgIpc) is 3.34. The van der Waals surface area contributed by atoms with Crippen LogP contribution < -0.4 is 10.6 Å². The van der Waals surface area contributed by atoms with Crippen LogP contribution in [0.1, 0.15) is 21.6 Å². The number of amidine groups is 2. The van der Waals surface area contributed by atoms with Crippen molar-refractivity contribution in [2.45, 2.75) is 13.3 Å². The third kappa shape index (κ3) is 4.94. The standard InChI is InChI=1S/C15H13N7O3S3/c1-2-9-21-22-15(28-9)17-8(23)6-27-14-19-11(16)10(13(25)20-14)18-12(24)7-4-3-5-26-7/h3-5H,2,6H2,1H3,(H,17,22,23)(H2,16,19,20,25). The van der Waals surface area contributed by atoms with E-state index in [1.165, 1.54) is 22.7 Å². The summed E-state index contributed by atoms with van der Waals surface area (Å²) in [5.74, 6) is -2.16. The summed E-state index contributed by atoms with van der Waals surface area (Å²) in [4.78, 5) is 44.0. The third-order valence-electron chi connectivity index (χ3n) is 3.17. The molecule has 2 aromatic rings. The molecule has 13 heteroatoms. The summed E-state index contributed by atoms with van der Waals surface area (Å²) in [6.07, 6.45) is 0.728. The first-order valence-electron chi connectivity index (χ1n) is 7.86. The second-order valence-electron chi connectivity index (χ2n) is 5.15. The first-order chi connectivity index (χ1) is 13.5. The largest absolute Gasteiger partial charge is 0.300 e. The molecule has 0 aromatic carbocycles. The molecule has 0 spiro atoms. The van der Waals surface area contributed by atoms with Crippen LogP contribution in [0.4, 0.5) is 5.13 Å². The minimum atomic E-state index is -0.718. The second kappa shape index (κ2) is 8.95. The van der Waals surface area contributed by atoms with Gasteiger partial charge in [-0.1, -0.05) is 36.1 Å². The fourth-order valence-electron chi connectivity index (χ4n) is 1.91. The molecule has 3 heterocycles. The van der Waals surface area contributed by atoms with Crippen molar-refractivity contribution in [2.75, 3.05) is 11.1 Å². The zero-order chi connectivity index (χ0) is 20.1. The highest BCUT2D eigenvalue weighted by Crippen LogP contribution is 2.16. The molecule has 3 amide bonds. The zero-order valence-corrected chi connectivity index (χ0v) is 16.8. The molecule has 0 bridgehead atoms. The van der Waals surface area contributed by atoms with Crippen LogP contribution in [0.2, 0.25) is 0 Å². The van der Waals surface area contributed by atoms with Gasteiger partial charge in [0.25, 0.3) is 11.8 Å². The highest BCUT2D eigenvalue weighted by molar-refractivity contribution is 8.14. The van der Waals surface area contributed by atoms with E-state index in [0.717, 1.165) is 23.2 Å². The SMILES string of the molecule is CCc1nnc(NC(=O)CSC2=NC(=N)C(=NC(=O)c3cccs3)C(=O)N2)s1. The number of aryl methyl sites for hydroxylation is 1. The quantitative estimate of drug-likeness (QED) is 0.649. The van der Waals surface area contributed by atoms with E-state index >= 15 is 0 Å². The number of aromatic nitrogens is 2. The lowest BCUT2D eigenvalue weighted by Crippen LogP contribution is -2.43. The van der Waals surface area contributed by atoms with Crippen LogP contribution in [0.15, 0.2) is 27.5 Å². The molecule has 28 heavy (non-hydrogen) atoms. The first kappa shape index (κ1) is 20.0. The Morgan fingerprint density at radius 3 is 2.86 bits per heavy atom. The monoisotopic (exact) mass is 435 g/mol. The number of anilines is 1. The number of hydrogen-bond acceptors (Lipinski definition) is 9. The number of nitrogens with zero attached hydrogens (tertiary/aromatic N) is 4. The van der Waals surface area contributed by atoms with Gasteiger partial charge in [0.15, 0.2) is 16.7 Å². The summed E-state index contributed by atoms with van der Waals surface area (Å²) < 4.78 is 0. The molecule has 2 aromatic heterocycles. The molecular weight excluding hydrogens is 422 g/mol. The van der Waals surface area contributed by atoms with Gasteiger partial charge in [-0.15, -0.1) is 21.5 Å². The van der Waals surface area contributed by atoms with Gasteiger partial charge in [-0.25, -0.2) is 4.99 Å². The van der Waals surface area contributed by atoms with E-state index in [9.17, 15) is 14.4 Å². The van der Waals surface area contributed by atoms with Crippen molar-refractivity contribution in [3.05, 3.63) is 27.4 Å². The van der Waals surface area contributed by atoms with Crippen molar-refractivity contribution < 1.29 is 14.4 Å². The van der Waals surface area contributed by atoms with Crippen molar-refractivity contribution in [3.63, 3.8) is 0 Å². The molecule has 0 saturated carbocycles. The van der Waals surface area contributed by atoms with Crippen molar-refractivity contribution in [2.24, 2.45) is 9.98 Å². The van der Waals surface area contributed by atoms with Gasteiger partial charge >= 0.3 is 0 Å². The van der Waals surface area contributed by atoms with Crippen molar-refractivity contribution in [3.8, 4) is 0 Å². The van der Waals surface area contributed by atoms with Crippen LogP contribution in [0, 0.1) is 5.41 Å². The number of hydrogen-bond donors (Lipinski definition) is 3. The van der Waals surface area contributed by atoms with Crippen LogP contribution in [0.5, 0.6) is 0 Å². The molecule has 0 unspecified atom stereocenters. The summed E-state index contributed by atoms with van der Waals surface area (Å²) in [5, 5.41) is 23.6. The lowest BCUT2D eigenvalue weighted by Gasteiger charge is -2.14. The molecule has 0 fully saturated rings. The number of thioether (sulfide) groups is 1. The van der Waals surface area contributed by atoms with E-state index in [0.29, 0.717) is 10.0 Å². The van der Waals surface area contributed by atoms with Crippen molar-refractivity contribution in [1.82, 2.24) is 15.5 Å². The Morgan fingerprint density at radius 2 is 2.21 bits per heavy atom. The number of thiophene rings is 1. The molecule has 1 aliphatic heterocycles. The molecule has 10 nitrogen and oxygen atoms in total. The molecule has 1 aliphatic rings. The van der Waals surface area contributed by atoms with Crippen LogP contribution in [-0.2, 0) is 16.0 Å². The van der Waals surface area contributed by atoms with E-state index in [1.807, 2.05) is 6.92 Å². The Balaban J connectivity index is 1.58. The molecule has 0 aliphatic carbocycles. The average molecular weight is 436 g/mol. The summed E-state index contributed by atoms with van der Waals surface area (Å²) >= 11 is 3.42. The predicted octanol–water partition coefficient (Wildman–Crippen LogP) is 1.58. The van der Waals surface area contributed by atoms with E-state index < -0.39 is 17.6 Å². The molecule has 3 N–H and O–H groups in total. The van der Waals surface area contributed by atoms with Gasteiger partial charge in [-0.05, 0) is 17.9 Å². The summed E-state index contributed by atoms with van der Waals surface area (Å²) in [6, 6.07) is 3.26. The van der Waals surface area contributed by atoms with E-state index in [-0.39, 0.29) is 22.5 Å². The maximum atomic E-state index is 12.1. The maximum Gasteiger partial charge on any atom is 0.287 e. The number of carbonyl (C=O) groups excluding carboxylic acids is 3. The van der Waals surface area contributed by atoms with Crippen LogP contribution in [-0.4, -0.2) is 50.4 Å². The van der Waals surface area contributed by atoms with Gasteiger partial charge in [0.2, 0.25) is 11.0 Å². The summed E-state index contributed by atoms with van der Waals surface area (Å²) in [7, 11) is 0. The number of amides is 3. The molecular formula is C15H13N7O3S3. The Labute approximate surface area is 171 Å². The Hall–Kier alpha value is -2.77. The topological polar surface area (TPSA) is 150 Å². The van der Waals surface area contributed by atoms with Gasteiger partial charge in [-0.2, -0.15) is 4.99 Å². The lowest BCUT2D eigenvalue weighted by atomic mass is 10.3. The lowest BCUT2D eigenvalue weighted by molar-refractivity contribution is -0.114. The highest BCUT2D eigenvalue weighted by atomic mass is 32.2. The van der Waals surface area contributed by atoms with Crippen LogP contribution in [0.25, 0.3) is 0 Å². The predicted molar refractivity (Wildman–Crippen MR) is 110 cm³/mol. The molecule has 144 valence electrons. The summed E-state index contributed by atoms with van der Waals surface area (Å²) in [5.41, 5.74) is -0.367. The van der Waals surface area contributed by atoms with Crippen molar-refractivity contribution in [1.29, 1.82) is 5.41 Å². The minimum absolute atomic E-state index is 0.0476. The van der Waals surface area contributed by atoms with Crippen LogP contribution in [0.3, 0.4) is 0 Å². The van der Waals surface area contributed by atoms with Crippen molar-refractivity contribution >= 4 is 74.0 Å². The van der Waals surface area contributed by atoms with Gasteiger partial charge in [0.1, 0.15) is 5.01 Å². The van der Waals surface area contributed by atoms with E-state index in [2.05, 4.69) is 30.8 Å². The second-order valence-corrected chi connectivity index (χ2v) is 8.13. The minimum Gasteiger partial charge on any atom is -0.300 e. The van der Waals surface area contributed by atoms with Gasteiger partial charge in [0.05, 0.1) is 10.6 Å². The Bertz CT molecular complexity index is 994. The zero-order valence-electron chi connectivity index (χ0n) is 14.4. The number of aliphatic imine (C=N–C) groups is 2. The number of rotatable bonds is 5. The fourth-order valence-corrected chi connectivity index (χ4v) is 3.88. The first-order valence-corrected chi connectivity index (χ1v) is 10.5. The number of nitrogens with one attached hydrogen (secondary N) is 3. The van der Waals surface area contributed by atoms with Gasteiger partial charge < -0.3 is 0 Å². The molecule has 3 rings (SSSR count). The smallest absolute Gasteiger partial charge is 0.287 e. The summed E-state index contributed by atoms with van der Waals surface area (Å²) in [6.45, 7) is 1.94. The molecule has 0 atom stereocenters. The Kier molecular flexibility index (Phi) is 6.38. The fraction of sp³-hybridized carbons (Fsp3) is 0.200. The highest BCUT2D eigenvalue weighted by Gasteiger charge is 2.26. The normalized spacial score (nSPS) is 15.3. The molecule has 0 saturated heterocycles. The van der Waals surface area contributed by atoms with Crippen LogP contribution >= 0.6 is 34.4 Å². The van der Waals surface area contributed by atoms with E-state index in [4.69, 9.17) is 5.41 Å². The number of carbonyl (C=O) groups is 3. The molecule has 0 radical (unpaired) electrons. The van der Waals surface area contributed by atoms with E-state index in [1.54, 1.807) is 17.5 Å². The third-order valence-corrected chi connectivity index (χ3v) is 5.89. The van der Waals surface area contributed by atoms with Gasteiger partial charge in [-0.3, -0.25) is 30.4 Å². The Morgan fingerprint density at radius 1 is 1.39 bits per heavy atom. The van der Waals surface area contributed by atoms with Gasteiger partial charge in [0, 0.05) is 0 Å². The maximum absolute atomic E-state index is 12.1.